The van der Waals surface area contributed by atoms with E-state index in [0.717, 1.165) is 21.1 Å². The molecular weight excluding hydrogens is 382 g/mol. The van der Waals surface area contributed by atoms with Crippen molar-refractivity contribution in [3.8, 4) is 5.75 Å². The summed E-state index contributed by atoms with van der Waals surface area (Å²) in [5.41, 5.74) is 2.43. The molecule has 104 valence electrons. The zero-order chi connectivity index (χ0) is 14.1. The standard InChI is InChI=1S/C16H15Br2NO/c1-19-14-9-16(10-2-4-11(17)5-3-10)20-15-7-6-12(18)8-13(14)15/h2-8,14,16,19H,9H2,1H3. The molecule has 2 atom stereocenters. The Kier molecular flexibility index (Phi) is 4.15. The van der Waals surface area contributed by atoms with Gasteiger partial charge in [0.25, 0.3) is 0 Å². The summed E-state index contributed by atoms with van der Waals surface area (Å²) in [7, 11) is 2.00. The summed E-state index contributed by atoms with van der Waals surface area (Å²) in [6, 6.07) is 14.9. The van der Waals surface area contributed by atoms with Crippen LogP contribution in [-0.2, 0) is 0 Å². The van der Waals surface area contributed by atoms with Gasteiger partial charge in [-0.3, -0.25) is 0 Å². The third-order valence-corrected chi connectivity index (χ3v) is 4.68. The van der Waals surface area contributed by atoms with Crippen molar-refractivity contribution in [3.63, 3.8) is 0 Å². The van der Waals surface area contributed by atoms with Crippen LogP contribution in [0.4, 0.5) is 0 Å². The lowest BCUT2D eigenvalue weighted by Crippen LogP contribution is -2.26. The molecule has 0 amide bonds. The Balaban J connectivity index is 1.94. The van der Waals surface area contributed by atoms with Gasteiger partial charge in [-0.15, -0.1) is 0 Å². The van der Waals surface area contributed by atoms with Crippen LogP contribution in [-0.4, -0.2) is 7.05 Å². The van der Waals surface area contributed by atoms with E-state index in [1.165, 1.54) is 11.1 Å². The maximum atomic E-state index is 6.17. The highest BCUT2D eigenvalue weighted by atomic mass is 79.9. The van der Waals surface area contributed by atoms with Gasteiger partial charge in [-0.2, -0.15) is 0 Å². The molecule has 2 aromatic rings. The van der Waals surface area contributed by atoms with Gasteiger partial charge in [0, 0.05) is 27.0 Å². The van der Waals surface area contributed by atoms with Gasteiger partial charge in [0.2, 0.25) is 0 Å². The molecular formula is C16H15Br2NO. The molecule has 2 unspecified atom stereocenters. The van der Waals surface area contributed by atoms with Gasteiger partial charge in [-0.1, -0.05) is 44.0 Å². The highest BCUT2D eigenvalue weighted by Crippen LogP contribution is 2.41. The van der Waals surface area contributed by atoms with Gasteiger partial charge in [0.05, 0.1) is 0 Å². The fourth-order valence-electron chi connectivity index (χ4n) is 2.60. The number of fused-ring (bicyclic) bond motifs is 1. The van der Waals surface area contributed by atoms with E-state index >= 15 is 0 Å². The zero-order valence-electron chi connectivity index (χ0n) is 11.1. The second kappa shape index (κ2) is 5.88. The fraction of sp³-hybridized carbons (Fsp3) is 0.250. The average molecular weight is 397 g/mol. The Hall–Kier alpha value is -0.840. The van der Waals surface area contributed by atoms with Gasteiger partial charge >= 0.3 is 0 Å². The number of nitrogens with one attached hydrogen (secondary N) is 1. The van der Waals surface area contributed by atoms with Gasteiger partial charge in [0.15, 0.2) is 0 Å². The summed E-state index contributed by atoms with van der Waals surface area (Å²) in [5.74, 6) is 0.965. The highest BCUT2D eigenvalue weighted by Gasteiger charge is 2.28. The van der Waals surface area contributed by atoms with Crippen molar-refractivity contribution >= 4 is 31.9 Å². The van der Waals surface area contributed by atoms with E-state index in [4.69, 9.17) is 4.74 Å². The van der Waals surface area contributed by atoms with Crippen molar-refractivity contribution in [2.24, 2.45) is 0 Å². The van der Waals surface area contributed by atoms with E-state index in [-0.39, 0.29) is 6.10 Å². The minimum Gasteiger partial charge on any atom is -0.485 e. The van der Waals surface area contributed by atoms with E-state index in [9.17, 15) is 0 Å². The van der Waals surface area contributed by atoms with Crippen LogP contribution in [0.15, 0.2) is 51.4 Å². The van der Waals surface area contributed by atoms with Gasteiger partial charge in [-0.25, -0.2) is 0 Å². The summed E-state index contributed by atoms with van der Waals surface area (Å²) in [4.78, 5) is 0. The molecule has 0 aromatic heterocycles. The first-order chi connectivity index (χ1) is 9.67. The van der Waals surface area contributed by atoms with E-state index in [1.54, 1.807) is 0 Å². The molecule has 20 heavy (non-hydrogen) atoms. The molecule has 0 saturated heterocycles. The molecule has 0 spiro atoms. The largest absolute Gasteiger partial charge is 0.485 e. The molecule has 0 bridgehead atoms. The lowest BCUT2D eigenvalue weighted by molar-refractivity contribution is 0.154. The molecule has 1 heterocycles. The normalized spacial score (nSPS) is 21.1. The predicted molar refractivity (Wildman–Crippen MR) is 88.1 cm³/mol. The lowest BCUT2D eigenvalue weighted by atomic mass is 9.93. The average Bonchev–Trinajstić information content (AvgIpc) is 2.47. The lowest BCUT2D eigenvalue weighted by Gasteiger charge is -2.32. The number of rotatable bonds is 2. The summed E-state index contributed by atoms with van der Waals surface area (Å²) in [6.07, 6.45) is 1.02. The van der Waals surface area contributed by atoms with E-state index < -0.39 is 0 Å². The van der Waals surface area contributed by atoms with E-state index in [2.05, 4.69) is 67.5 Å². The first-order valence-electron chi connectivity index (χ1n) is 6.56. The van der Waals surface area contributed by atoms with Crippen LogP contribution in [0.5, 0.6) is 5.75 Å². The summed E-state index contributed by atoms with van der Waals surface area (Å²) in [6.45, 7) is 0. The number of benzene rings is 2. The second-order valence-electron chi connectivity index (χ2n) is 4.92. The molecule has 3 rings (SSSR count). The SMILES string of the molecule is CNC1CC(c2ccc(Br)cc2)Oc2ccc(Br)cc21. The van der Waals surface area contributed by atoms with Crippen LogP contribution in [0, 0.1) is 0 Å². The molecule has 0 radical (unpaired) electrons. The van der Waals surface area contributed by atoms with Crippen LogP contribution in [0.3, 0.4) is 0 Å². The van der Waals surface area contributed by atoms with Crippen molar-refractivity contribution in [2.45, 2.75) is 18.6 Å². The number of halogens is 2. The third-order valence-electron chi connectivity index (χ3n) is 3.66. The van der Waals surface area contributed by atoms with Crippen molar-refractivity contribution in [1.29, 1.82) is 0 Å². The Morgan fingerprint density at radius 2 is 1.75 bits per heavy atom. The molecule has 0 aliphatic carbocycles. The first kappa shape index (κ1) is 14.1. The molecule has 1 aliphatic heterocycles. The number of hydrogen-bond donors (Lipinski definition) is 1. The highest BCUT2D eigenvalue weighted by molar-refractivity contribution is 9.10. The maximum Gasteiger partial charge on any atom is 0.126 e. The van der Waals surface area contributed by atoms with Gasteiger partial charge in [0.1, 0.15) is 11.9 Å². The van der Waals surface area contributed by atoms with Crippen molar-refractivity contribution in [3.05, 3.63) is 62.5 Å². The maximum absolute atomic E-state index is 6.17. The Morgan fingerprint density at radius 3 is 2.45 bits per heavy atom. The molecule has 0 saturated carbocycles. The molecule has 2 aromatic carbocycles. The van der Waals surface area contributed by atoms with Crippen LogP contribution in [0.25, 0.3) is 0 Å². The Labute approximate surface area is 135 Å². The minimum atomic E-state index is 0.0919. The second-order valence-corrected chi connectivity index (χ2v) is 6.75. The smallest absolute Gasteiger partial charge is 0.126 e. The Morgan fingerprint density at radius 1 is 1.05 bits per heavy atom. The number of hydrogen-bond acceptors (Lipinski definition) is 2. The molecule has 4 heteroatoms. The van der Waals surface area contributed by atoms with Gasteiger partial charge < -0.3 is 10.1 Å². The molecule has 1 aliphatic rings. The first-order valence-corrected chi connectivity index (χ1v) is 8.15. The van der Waals surface area contributed by atoms with Crippen molar-refractivity contribution in [2.75, 3.05) is 7.05 Å². The minimum absolute atomic E-state index is 0.0919. The summed E-state index contributed by atoms with van der Waals surface area (Å²) >= 11 is 7.00. The summed E-state index contributed by atoms with van der Waals surface area (Å²) in [5, 5.41) is 3.39. The Bertz CT molecular complexity index is 612. The van der Waals surface area contributed by atoms with E-state index in [0.29, 0.717) is 6.04 Å². The van der Waals surface area contributed by atoms with E-state index in [1.807, 2.05) is 19.2 Å². The van der Waals surface area contributed by atoms with Crippen LogP contribution in [0.2, 0.25) is 0 Å². The molecule has 2 nitrogen and oxygen atoms in total. The third kappa shape index (κ3) is 2.78. The predicted octanol–water partition coefficient (Wildman–Crippen LogP) is 5.00. The summed E-state index contributed by atoms with van der Waals surface area (Å²) < 4.78 is 8.34. The monoisotopic (exact) mass is 395 g/mol. The van der Waals surface area contributed by atoms with Crippen LogP contribution < -0.4 is 10.1 Å². The molecule has 0 fully saturated rings. The topological polar surface area (TPSA) is 21.3 Å². The quantitative estimate of drug-likeness (QED) is 0.771. The number of ether oxygens (including phenoxy) is 1. The zero-order valence-corrected chi connectivity index (χ0v) is 14.2. The van der Waals surface area contributed by atoms with Crippen LogP contribution >= 0.6 is 31.9 Å². The van der Waals surface area contributed by atoms with Crippen molar-refractivity contribution in [1.82, 2.24) is 5.32 Å². The van der Waals surface area contributed by atoms with Gasteiger partial charge in [-0.05, 0) is 42.9 Å². The van der Waals surface area contributed by atoms with Crippen molar-refractivity contribution < 1.29 is 4.74 Å². The molecule has 1 N–H and O–H groups in total. The van der Waals surface area contributed by atoms with Crippen LogP contribution in [0.1, 0.15) is 29.7 Å². The fourth-order valence-corrected chi connectivity index (χ4v) is 3.24.